The minimum absolute atomic E-state index is 0.258. The lowest BCUT2D eigenvalue weighted by Crippen LogP contribution is -2.51. The van der Waals surface area contributed by atoms with Crippen LogP contribution in [0.4, 0.5) is 0 Å². The van der Waals surface area contributed by atoms with Crippen LogP contribution >= 0.6 is 0 Å². The van der Waals surface area contributed by atoms with Gasteiger partial charge in [0.25, 0.3) is 0 Å². The van der Waals surface area contributed by atoms with Crippen molar-refractivity contribution in [3.8, 4) is 0 Å². The molecule has 1 fully saturated rings. The van der Waals surface area contributed by atoms with Crippen LogP contribution in [0.5, 0.6) is 0 Å². The first-order chi connectivity index (χ1) is 10.6. The molecule has 2 rings (SSSR count). The lowest BCUT2D eigenvalue weighted by molar-refractivity contribution is -0.146. The van der Waals surface area contributed by atoms with Crippen molar-refractivity contribution in [2.45, 2.75) is 32.4 Å². The predicted octanol–water partition coefficient (Wildman–Crippen LogP) is 1.53. The largest absolute Gasteiger partial charge is 0.481 e. The summed E-state index contributed by atoms with van der Waals surface area (Å²) in [6, 6.07) is 10.5. The molecular formula is C17H24N2O3. The molecule has 0 bridgehead atoms. The van der Waals surface area contributed by atoms with Gasteiger partial charge in [0.15, 0.2) is 0 Å². The molecule has 1 aliphatic heterocycles. The maximum atomic E-state index is 11.4. The average Bonchev–Trinajstić information content (AvgIpc) is 2.49. The van der Waals surface area contributed by atoms with Gasteiger partial charge in [0.05, 0.1) is 0 Å². The molecule has 1 saturated heterocycles. The van der Waals surface area contributed by atoms with Gasteiger partial charge in [0.1, 0.15) is 11.7 Å². The van der Waals surface area contributed by atoms with Gasteiger partial charge < -0.3 is 10.4 Å². The molecule has 0 saturated carbocycles. The fraction of sp³-hybridized carbons (Fsp3) is 0.529. The fourth-order valence-electron chi connectivity index (χ4n) is 2.97. The van der Waals surface area contributed by atoms with Crippen molar-refractivity contribution in [3.63, 3.8) is 0 Å². The van der Waals surface area contributed by atoms with Crippen LogP contribution in [0.3, 0.4) is 0 Å². The number of carbonyl (C=O) groups is 2. The molecule has 1 aliphatic rings. The van der Waals surface area contributed by atoms with Crippen molar-refractivity contribution in [1.82, 2.24) is 10.2 Å². The van der Waals surface area contributed by atoms with Crippen molar-refractivity contribution < 1.29 is 14.7 Å². The maximum Gasteiger partial charge on any atom is 0.314 e. The van der Waals surface area contributed by atoms with Gasteiger partial charge in [0.2, 0.25) is 0 Å². The van der Waals surface area contributed by atoms with Gasteiger partial charge in [-0.1, -0.05) is 30.3 Å². The zero-order valence-corrected chi connectivity index (χ0v) is 13.0. The molecule has 1 aromatic carbocycles. The standard InChI is InChI=1S/C17H24N2O3/c1-13(20)16(17(21)22)8-7-15-11-18-9-10-19(15)12-14-5-3-2-4-6-14/h2-6,15-16,18H,7-12H2,1H3,(H,21,22). The Morgan fingerprint density at radius 1 is 1.36 bits per heavy atom. The maximum absolute atomic E-state index is 11.4. The van der Waals surface area contributed by atoms with Crippen LogP contribution in [0.25, 0.3) is 0 Å². The highest BCUT2D eigenvalue weighted by atomic mass is 16.4. The number of nitrogens with one attached hydrogen (secondary N) is 1. The van der Waals surface area contributed by atoms with E-state index in [0.717, 1.165) is 32.6 Å². The summed E-state index contributed by atoms with van der Waals surface area (Å²) in [4.78, 5) is 24.9. The summed E-state index contributed by atoms with van der Waals surface area (Å²) >= 11 is 0. The van der Waals surface area contributed by atoms with Crippen molar-refractivity contribution in [2.75, 3.05) is 19.6 Å². The van der Waals surface area contributed by atoms with Crippen molar-refractivity contribution in [3.05, 3.63) is 35.9 Å². The normalized spacial score (nSPS) is 20.5. The second-order valence-corrected chi connectivity index (χ2v) is 5.89. The smallest absolute Gasteiger partial charge is 0.314 e. The molecule has 0 amide bonds. The Hall–Kier alpha value is -1.72. The number of rotatable bonds is 7. The van der Waals surface area contributed by atoms with E-state index >= 15 is 0 Å². The summed E-state index contributed by atoms with van der Waals surface area (Å²) in [7, 11) is 0. The molecule has 2 N–H and O–H groups in total. The highest BCUT2D eigenvalue weighted by Gasteiger charge is 2.27. The number of aliphatic carboxylic acids is 1. The first kappa shape index (κ1) is 16.6. The molecule has 1 heterocycles. The Morgan fingerprint density at radius 2 is 2.09 bits per heavy atom. The third-order valence-electron chi connectivity index (χ3n) is 4.28. The average molecular weight is 304 g/mol. The molecule has 2 unspecified atom stereocenters. The summed E-state index contributed by atoms with van der Waals surface area (Å²) in [6.45, 7) is 4.96. The molecule has 120 valence electrons. The highest BCUT2D eigenvalue weighted by molar-refractivity contribution is 5.96. The Labute approximate surface area is 131 Å². The van der Waals surface area contributed by atoms with Crippen molar-refractivity contribution >= 4 is 11.8 Å². The lowest BCUT2D eigenvalue weighted by atomic mass is 9.95. The molecule has 5 nitrogen and oxygen atoms in total. The molecule has 22 heavy (non-hydrogen) atoms. The second kappa shape index (κ2) is 8.06. The van der Waals surface area contributed by atoms with Crippen molar-refractivity contribution in [2.24, 2.45) is 5.92 Å². The fourth-order valence-corrected chi connectivity index (χ4v) is 2.97. The van der Waals surface area contributed by atoms with Crippen LogP contribution in [0.15, 0.2) is 30.3 Å². The number of piperazine rings is 1. The number of benzene rings is 1. The van der Waals surface area contributed by atoms with Gasteiger partial charge in [-0.3, -0.25) is 14.5 Å². The number of ketones is 1. The van der Waals surface area contributed by atoms with Crippen LogP contribution in [-0.4, -0.2) is 47.4 Å². The molecule has 5 heteroatoms. The number of hydrogen-bond donors (Lipinski definition) is 2. The monoisotopic (exact) mass is 304 g/mol. The minimum Gasteiger partial charge on any atom is -0.481 e. The van der Waals surface area contributed by atoms with E-state index in [1.165, 1.54) is 12.5 Å². The summed E-state index contributed by atoms with van der Waals surface area (Å²) in [6.07, 6.45) is 1.12. The molecule has 0 radical (unpaired) electrons. The Bertz CT molecular complexity index is 490. The zero-order valence-electron chi connectivity index (χ0n) is 13.0. The van der Waals surface area contributed by atoms with Gasteiger partial charge >= 0.3 is 5.97 Å². The van der Waals surface area contributed by atoms with Crippen LogP contribution in [0.2, 0.25) is 0 Å². The van der Waals surface area contributed by atoms with E-state index in [1.54, 1.807) is 0 Å². The van der Waals surface area contributed by atoms with E-state index in [1.807, 2.05) is 18.2 Å². The SMILES string of the molecule is CC(=O)C(CCC1CNCCN1Cc1ccccc1)C(=O)O. The first-order valence-corrected chi connectivity index (χ1v) is 7.80. The highest BCUT2D eigenvalue weighted by Crippen LogP contribution is 2.18. The summed E-state index contributed by atoms with van der Waals surface area (Å²) < 4.78 is 0. The number of carboxylic acids is 1. The topological polar surface area (TPSA) is 69.6 Å². The number of Topliss-reactive ketones (excluding diaryl/α,β-unsaturated/α-hetero) is 1. The summed E-state index contributed by atoms with van der Waals surface area (Å²) in [5.41, 5.74) is 1.26. The van der Waals surface area contributed by atoms with Crippen molar-refractivity contribution in [1.29, 1.82) is 0 Å². The van der Waals surface area contributed by atoms with Gasteiger partial charge in [-0.05, 0) is 25.3 Å². The van der Waals surface area contributed by atoms with E-state index in [-0.39, 0.29) is 11.8 Å². The number of carboxylic acid groups (broad SMARTS) is 1. The second-order valence-electron chi connectivity index (χ2n) is 5.89. The van der Waals surface area contributed by atoms with Crippen LogP contribution in [0, 0.1) is 5.92 Å². The number of hydrogen-bond acceptors (Lipinski definition) is 4. The van der Waals surface area contributed by atoms with E-state index < -0.39 is 11.9 Å². The molecule has 1 aromatic rings. The number of carbonyl (C=O) groups excluding carboxylic acids is 1. The quantitative estimate of drug-likeness (QED) is 0.748. The Kier molecular flexibility index (Phi) is 6.10. The summed E-state index contributed by atoms with van der Waals surface area (Å²) in [5.74, 6) is -2.14. The van der Waals surface area contributed by atoms with Gasteiger partial charge in [-0.15, -0.1) is 0 Å². The molecular weight excluding hydrogens is 280 g/mol. The lowest BCUT2D eigenvalue weighted by Gasteiger charge is -2.36. The van der Waals surface area contributed by atoms with Crippen LogP contribution < -0.4 is 5.32 Å². The Balaban J connectivity index is 1.95. The van der Waals surface area contributed by atoms with Crippen LogP contribution in [-0.2, 0) is 16.1 Å². The van der Waals surface area contributed by atoms with E-state index in [4.69, 9.17) is 5.11 Å². The first-order valence-electron chi connectivity index (χ1n) is 7.80. The summed E-state index contributed by atoms with van der Waals surface area (Å²) in [5, 5.41) is 12.5. The Morgan fingerprint density at radius 3 is 2.73 bits per heavy atom. The zero-order chi connectivity index (χ0) is 15.9. The van der Waals surface area contributed by atoms with Gasteiger partial charge in [-0.25, -0.2) is 0 Å². The molecule has 0 aliphatic carbocycles. The third-order valence-corrected chi connectivity index (χ3v) is 4.28. The van der Waals surface area contributed by atoms with E-state index in [0.29, 0.717) is 6.42 Å². The van der Waals surface area contributed by atoms with E-state index in [2.05, 4.69) is 22.3 Å². The van der Waals surface area contributed by atoms with Crippen LogP contribution in [0.1, 0.15) is 25.3 Å². The molecule has 0 spiro atoms. The van der Waals surface area contributed by atoms with Gasteiger partial charge in [0, 0.05) is 32.2 Å². The van der Waals surface area contributed by atoms with E-state index in [9.17, 15) is 9.59 Å². The van der Waals surface area contributed by atoms with Gasteiger partial charge in [-0.2, -0.15) is 0 Å². The number of nitrogens with zero attached hydrogens (tertiary/aromatic N) is 1. The minimum atomic E-state index is -1.01. The third kappa shape index (κ3) is 4.64. The predicted molar refractivity (Wildman–Crippen MR) is 84.6 cm³/mol. The molecule has 0 aromatic heterocycles. The molecule has 2 atom stereocenters.